The van der Waals surface area contributed by atoms with E-state index < -0.39 is 0 Å². The highest BCUT2D eigenvalue weighted by Crippen LogP contribution is 2.14. The standard InChI is InChI=1S/C17H20BrFN4O/c1-13-16(18)11-23(20-13)12-17(24)22-8-6-21(7-9-22)10-14-2-4-15(19)5-3-14/h2-5,11H,6-10,12H2,1H3. The van der Waals surface area contributed by atoms with E-state index >= 15 is 0 Å². The van der Waals surface area contributed by atoms with Crippen LogP contribution in [0.2, 0.25) is 0 Å². The molecule has 128 valence electrons. The minimum Gasteiger partial charge on any atom is -0.339 e. The largest absolute Gasteiger partial charge is 0.339 e. The fourth-order valence-electron chi connectivity index (χ4n) is 2.82. The molecule has 1 aliphatic rings. The van der Waals surface area contributed by atoms with Gasteiger partial charge in [0.05, 0.1) is 10.2 Å². The number of hydrogen-bond donors (Lipinski definition) is 0. The highest BCUT2D eigenvalue weighted by atomic mass is 79.9. The van der Waals surface area contributed by atoms with Crippen LogP contribution < -0.4 is 0 Å². The van der Waals surface area contributed by atoms with Gasteiger partial charge in [0.15, 0.2) is 0 Å². The number of amides is 1. The van der Waals surface area contributed by atoms with E-state index in [4.69, 9.17) is 0 Å². The zero-order chi connectivity index (χ0) is 17.1. The molecule has 1 fully saturated rings. The van der Waals surface area contributed by atoms with Crippen LogP contribution in [0.4, 0.5) is 4.39 Å². The Morgan fingerprint density at radius 2 is 1.88 bits per heavy atom. The minimum absolute atomic E-state index is 0.0893. The molecule has 0 N–H and O–H groups in total. The summed E-state index contributed by atoms with van der Waals surface area (Å²) in [7, 11) is 0. The molecule has 0 atom stereocenters. The third kappa shape index (κ3) is 4.21. The van der Waals surface area contributed by atoms with Crippen LogP contribution in [-0.4, -0.2) is 51.7 Å². The first-order valence-electron chi connectivity index (χ1n) is 7.95. The maximum absolute atomic E-state index is 12.9. The molecule has 1 saturated heterocycles. The fourth-order valence-corrected chi connectivity index (χ4v) is 3.13. The zero-order valence-corrected chi connectivity index (χ0v) is 15.2. The molecular weight excluding hydrogens is 375 g/mol. The van der Waals surface area contributed by atoms with Gasteiger partial charge in [-0.25, -0.2) is 4.39 Å². The number of aromatic nitrogens is 2. The molecule has 2 heterocycles. The van der Waals surface area contributed by atoms with Gasteiger partial charge in [-0.15, -0.1) is 0 Å². The molecule has 0 radical (unpaired) electrons. The molecule has 0 spiro atoms. The molecule has 2 aromatic rings. The molecule has 7 heteroatoms. The predicted molar refractivity (Wildman–Crippen MR) is 92.9 cm³/mol. The van der Waals surface area contributed by atoms with Crippen molar-refractivity contribution in [2.24, 2.45) is 0 Å². The average Bonchev–Trinajstić information content (AvgIpc) is 2.88. The van der Waals surface area contributed by atoms with Crippen LogP contribution in [-0.2, 0) is 17.9 Å². The second-order valence-corrected chi connectivity index (χ2v) is 6.90. The van der Waals surface area contributed by atoms with Crippen molar-refractivity contribution < 1.29 is 9.18 Å². The number of piperazine rings is 1. The number of carbonyl (C=O) groups is 1. The molecule has 5 nitrogen and oxygen atoms in total. The monoisotopic (exact) mass is 394 g/mol. The van der Waals surface area contributed by atoms with Gasteiger partial charge in [-0.3, -0.25) is 14.4 Å². The predicted octanol–water partition coefficient (Wildman–Crippen LogP) is 2.44. The van der Waals surface area contributed by atoms with Gasteiger partial charge in [-0.1, -0.05) is 12.1 Å². The van der Waals surface area contributed by atoms with Gasteiger partial charge < -0.3 is 4.90 Å². The molecule has 1 amide bonds. The number of halogens is 2. The van der Waals surface area contributed by atoms with Crippen LogP contribution in [0.3, 0.4) is 0 Å². The highest BCUT2D eigenvalue weighted by Gasteiger charge is 2.21. The second-order valence-electron chi connectivity index (χ2n) is 6.04. The smallest absolute Gasteiger partial charge is 0.244 e. The van der Waals surface area contributed by atoms with Crippen LogP contribution in [0.5, 0.6) is 0 Å². The van der Waals surface area contributed by atoms with E-state index in [-0.39, 0.29) is 18.3 Å². The highest BCUT2D eigenvalue weighted by molar-refractivity contribution is 9.10. The summed E-state index contributed by atoms with van der Waals surface area (Å²) < 4.78 is 15.5. The topological polar surface area (TPSA) is 41.4 Å². The van der Waals surface area contributed by atoms with Crippen molar-refractivity contribution >= 4 is 21.8 Å². The van der Waals surface area contributed by atoms with Gasteiger partial charge in [0.25, 0.3) is 0 Å². The Kier molecular flexibility index (Phi) is 5.30. The van der Waals surface area contributed by atoms with Gasteiger partial charge in [-0.05, 0) is 40.5 Å². The van der Waals surface area contributed by atoms with Crippen LogP contribution in [0.15, 0.2) is 34.9 Å². The zero-order valence-electron chi connectivity index (χ0n) is 13.6. The van der Waals surface area contributed by atoms with E-state index in [0.29, 0.717) is 13.1 Å². The lowest BCUT2D eigenvalue weighted by Crippen LogP contribution is -2.49. The van der Waals surface area contributed by atoms with Crippen molar-refractivity contribution in [1.29, 1.82) is 0 Å². The summed E-state index contributed by atoms with van der Waals surface area (Å²) in [6.45, 7) is 6.02. The molecule has 1 aromatic heterocycles. The minimum atomic E-state index is -0.213. The van der Waals surface area contributed by atoms with Crippen LogP contribution in [0, 0.1) is 12.7 Å². The fraction of sp³-hybridized carbons (Fsp3) is 0.412. The van der Waals surface area contributed by atoms with Gasteiger partial charge in [-0.2, -0.15) is 5.10 Å². The van der Waals surface area contributed by atoms with E-state index in [0.717, 1.165) is 35.4 Å². The van der Waals surface area contributed by atoms with E-state index in [9.17, 15) is 9.18 Å². The Morgan fingerprint density at radius 1 is 1.21 bits per heavy atom. The summed E-state index contributed by atoms with van der Waals surface area (Å²) in [5.74, 6) is -0.124. The summed E-state index contributed by atoms with van der Waals surface area (Å²) in [6.07, 6.45) is 1.83. The van der Waals surface area contributed by atoms with E-state index in [1.54, 1.807) is 4.68 Å². The molecule has 0 bridgehead atoms. The van der Waals surface area contributed by atoms with E-state index in [1.165, 1.54) is 12.1 Å². The van der Waals surface area contributed by atoms with Gasteiger partial charge >= 0.3 is 0 Å². The number of hydrogen-bond acceptors (Lipinski definition) is 3. The normalized spacial score (nSPS) is 15.7. The van der Waals surface area contributed by atoms with E-state index in [2.05, 4.69) is 25.9 Å². The van der Waals surface area contributed by atoms with Crippen LogP contribution >= 0.6 is 15.9 Å². The summed E-state index contributed by atoms with van der Waals surface area (Å²) in [6, 6.07) is 6.59. The van der Waals surface area contributed by atoms with Crippen molar-refractivity contribution in [3.63, 3.8) is 0 Å². The SMILES string of the molecule is Cc1nn(CC(=O)N2CCN(Cc3ccc(F)cc3)CC2)cc1Br. The number of benzene rings is 1. The average molecular weight is 395 g/mol. The number of carbonyl (C=O) groups excluding carboxylic acids is 1. The van der Waals surface area contributed by atoms with Crippen molar-refractivity contribution in [2.75, 3.05) is 26.2 Å². The number of nitrogens with zero attached hydrogens (tertiary/aromatic N) is 4. The molecular formula is C17H20BrFN4O. The lowest BCUT2D eigenvalue weighted by Gasteiger charge is -2.34. The number of rotatable bonds is 4. The molecule has 0 saturated carbocycles. The van der Waals surface area contributed by atoms with Crippen molar-refractivity contribution in [3.05, 3.63) is 52.0 Å². The van der Waals surface area contributed by atoms with Crippen LogP contribution in [0.1, 0.15) is 11.3 Å². The summed E-state index contributed by atoms with van der Waals surface area (Å²) in [5, 5.41) is 4.30. The third-order valence-corrected chi connectivity index (χ3v) is 5.01. The molecule has 24 heavy (non-hydrogen) atoms. The second kappa shape index (κ2) is 7.44. The Morgan fingerprint density at radius 3 is 2.46 bits per heavy atom. The lowest BCUT2D eigenvalue weighted by molar-refractivity contribution is -0.133. The van der Waals surface area contributed by atoms with E-state index in [1.807, 2.05) is 30.2 Å². The Labute approximate surface area is 149 Å². The first-order chi connectivity index (χ1) is 11.5. The lowest BCUT2D eigenvalue weighted by atomic mass is 10.2. The Bertz CT molecular complexity index is 688. The van der Waals surface area contributed by atoms with Crippen LogP contribution in [0.25, 0.3) is 0 Å². The third-order valence-electron chi connectivity index (χ3n) is 4.23. The molecule has 1 aromatic carbocycles. The molecule has 1 aliphatic heterocycles. The number of aryl methyl sites for hydroxylation is 1. The molecule has 3 rings (SSSR count). The van der Waals surface area contributed by atoms with Crippen molar-refractivity contribution in [1.82, 2.24) is 19.6 Å². The Hall–Kier alpha value is -1.73. The van der Waals surface area contributed by atoms with Gasteiger partial charge in [0, 0.05) is 38.9 Å². The van der Waals surface area contributed by atoms with Crippen molar-refractivity contribution in [3.8, 4) is 0 Å². The maximum Gasteiger partial charge on any atom is 0.244 e. The molecule has 0 unspecified atom stereocenters. The summed E-state index contributed by atoms with van der Waals surface area (Å²) in [5.41, 5.74) is 1.97. The van der Waals surface area contributed by atoms with Gasteiger partial charge in [0.2, 0.25) is 5.91 Å². The maximum atomic E-state index is 12.9. The Balaban J connectivity index is 1.49. The van der Waals surface area contributed by atoms with Crippen molar-refractivity contribution in [2.45, 2.75) is 20.0 Å². The summed E-state index contributed by atoms with van der Waals surface area (Å²) in [4.78, 5) is 16.5. The quantitative estimate of drug-likeness (QED) is 0.799. The first kappa shape index (κ1) is 17.1. The summed E-state index contributed by atoms with van der Waals surface area (Å²) >= 11 is 3.41. The first-order valence-corrected chi connectivity index (χ1v) is 8.75. The van der Waals surface area contributed by atoms with Gasteiger partial charge in [0.1, 0.15) is 12.4 Å². The molecule has 0 aliphatic carbocycles.